The minimum Gasteiger partial charge on any atom is -0.435 e. The van der Waals surface area contributed by atoms with Crippen molar-refractivity contribution >= 4 is 17.3 Å². The van der Waals surface area contributed by atoms with E-state index in [9.17, 15) is 8.78 Å². The molecule has 8 heteroatoms. The molecule has 0 unspecified atom stereocenters. The standard InChI is InChI=1S/C19H19F2N5O/c1-3-26(2)18-11-15(8-9-22-18)24-17-10-14(12-23-25-17)13-4-6-16(7-5-13)27-19(20)21/h4-12,19H,3H2,1-2H3,(H,22,24,25). The van der Waals surface area contributed by atoms with Crippen molar-refractivity contribution in [3.63, 3.8) is 0 Å². The van der Waals surface area contributed by atoms with Crippen LogP contribution in [0.1, 0.15) is 6.92 Å². The predicted molar refractivity (Wildman–Crippen MR) is 101 cm³/mol. The molecular formula is C19H19F2N5O. The summed E-state index contributed by atoms with van der Waals surface area (Å²) in [5.41, 5.74) is 2.46. The third-order valence-corrected chi connectivity index (χ3v) is 3.95. The molecule has 0 atom stereocenters. The Hall–Kier alpha value is -3.29. The SMILES string of the molecule is CCN(C)c1cc(Nc2cc(-c3ccc(OC(F)F)cc3)cnn2)ccn1. The number of rotatable bonds is 7. The van der Waals surface area contributed by atoms with Crippen LogP contribution in [-0.2, 0) is 0 Å². The lowest BCUT2D eigenvalue weighted by Gasteiger charge is -2.16. The van der Waals surface area contributed by atoms with Crippen molar-refractivity contribution in [2.75, 3.05) is 23.8 Å². The number of hydrogen-bond acceptors (Lipinski definition) is 6. The van der Waals surface area contributed by atoms with Gasteiger partial charge in [-0.3, -0.25) is 0 Å². The largest absolute Gasteiger partial charge is 0.435 e. The van der Waals surface area contributed by atoms with Crippen molar-refractivity contribution in [3.8, 4) is 16.9 Å². The highest BCUT2D eigenvalue weighted by molar-refractivity contribution is 5.68. The van der Waals surface area contributed by atoms with Gasteiger partial charge in [-0.25, -0.2) is 4.98 Å². The number of halogens is 2. The summed E-state index contributed by atoms with van der Waals surface area (Å²) in [6.45, 7) is 0.0528. The van der Waals surface area contributed by atoms with Crippen molar-refractivity contribution in [2.45, 2.75) is 13.5 Å². The van der Waals surface area contributed by atoms with Gasteiger partial charge in [0.15, 0.2) is 5.82 Å². The summed E-state index contributed by atoms with van der Waals surface area (Å²) in [5, 5.41) is 11.3. The second kappa shape index (κ2) is 8.39. The fourth-order valence-corrected chi connectivity index (χ4v) is 2.43. The summed E-state index contributed by atoms with van der Waals surface area (Å²) in [5.74, 6) is 1.52. The van der Waals surface area contributed by atoms with E-state index >= 15 is 0 Å². The van der Waals surface area contributed by atoms with E-state index in [0.717, 1.165) is 29.2 Å². The Morgan fingerprint density at radius 1 is 1.11 bits per heavy atom. The number of anilines is 3. The summed E-state index contributed by atoms with van der Waals surface area (Å²) in [6, 6.07) is 12.0. The molecule has 27 heavy (non-hydrogen) atoms. The van der Waals surface area contributed by atoms with E-state index in [1.165, 1.54) is 12.1 Å². The molecule has 0 aliphatic rings. The zero-order chi connectivity index (χ0) is 19.2. The maximum atomic E-state index is 12.2. The van der Waals surface area contributed by atoms with Crippen LogP contribution < -0.4 is 15.0 Å². The number of aromatic nitrogens is 3. The molecule has 0 bridgehead atoms. The lowest BCUT2D eigenvalue weighted by molar-refractivity contribution is -0.0498. The molecule has 0 aliphatic heterocycles. The molecule has 3 aromatic rings. The van der Waals surface area contributed by atoms with Crippen LogP contribution in [-0.4, -0.2) is 35.4 Å². The summed E-state index contributed by atoms with van der Waals surface area (Å²) in [4.78, 5) is 6.35. The molecule has 0 aliphatic carbocycles. The third-order valence-electron chi connectivity index (χ3n) is 3.95. The highest BCUT2D eigenvalue weighted by Gasteiger charge is 2.07. The van der Waals surface area contributed by atoms with Crippen molar-refractivity contribution in [2.24, 2.45) is 0 Å². The van der Waals surface area contributed by atoms with Gasteiger partial charge >= 0.3 is 6.61 Å². The Morgan fingerprint density at radius 2 is 1.89 bits per heavy atom. The molecule has 2 heterocycles. The molecule has 140 valence electrons. The van der Waals surface area contributed by atoms with Gasteiger partial charge in [0.2, 0.25) is 0 Å². The van der Waals surface area contributed by atoms with Crippen LogP contribution in [0, 0.1) is 0 Å². The zero-order valence-electron chi connectivity index (χ0n) is 14.9. The molecule has 0 saturated heterocycles. The minimum absolute atomic E-state index is 0.110. The van der Waals surface area contributed by atoms with Crippen molar-refractivity contribution < 1.29 is 13.5 Å². The maximum Gasteiger partial charge on any atom is 0.387 e. The van der Waals surface area contributed by atoms with Crippen LogP contribution in [0.3, 0.4) is 0 Å². The quantitative estimate of drug-likeness (QED) is 0.667. The molecule has 0 spiro atoms. The van der Waals surface area contributed by atoms with Crippen molar-refractivity contribution in [1.82, 2.24) is 15.2 Å². The first-order valence-electron chi connectivity index (χ1n) is 8.37. The molecule has 1 aromatic carbocycles. The monoisotopic (exact) mass is 371 g/mol. The van der Waals surface area contributed by atoms with Gasteiger partial charge < -0.3 is 15.0 Å². The highest BCUT2D eigenvalue weighted by atomic mass is 19.3. The fourth-order valence-electron chi connectivity index (χ4n) is 2.43. The van der Waals surface area contributed by atoms with Gasteiger partial charge in [0.1, 0.15) is 11.6 Å². The van der Waals surface area contributed by atoms with Gasteiger partial charge in [-0.15, -0.1) is 5.10 Å². The Kier molecular flexibility index (Phi) is 5.75. The van der Waals surface area contributed by atoms with Gasteiger partial charge in [-0.1, -0.05) is 12.1 Å². The minimum atomic E-state index is -2.84. The molecular weight excluding hydrogens is 352 g/mol. The molecule has 2 aromatic heterocycles. The smallest absolute Gasteiger partial charge is 0.387 e. The number of benzene rings is 1. The van der Waals surface area contributed by atoms with Gasteiger partial charge in [0.25, 0.3) is 0 Å². The van der Waals surface area contributed by atoms with Crippen molar-refractivity contribution in [3.05, 3.63) is 54.9 Å². The van der Waals surface area contributed by atoms with Crippen LogP contribution in [0.15, 0.2) is 54.9 Å². The van der Waals surface area contributed by atoms with Crippen LogP contribution in [0.4, 0.5) is 26.1 Å². The average Bonchev–Trinajstić information content (AvgIpc) is 2.68. The average molecular weight is 371 g/mol. The molecule has 0 fully saturated rings. The fraction of sp³-hybridized carbons (Fsp3) is 0.211. The highest BCUT2D eigenvalue weighted by Crippen LogP contribution is 2.25. The van der Waals surface area contributed by atoms with E-state index in [1.54, 1.807) is 24.5 Å². The Morgan fingerprint density at radius 3 is 2.59 bits per heavy atom. The van der Waals surface area contributed by atoms with E-state index in [4.69, 9.17) is 0 Å². The van der Waals surface area contributed by atoms with Gasteiger partial charge in [0.05, 0.1) is 6.20 Å². The first-order chi connectivity index (χ1) is 13.0. The first-order valence-corrected chi connectivity index (χ1v) is 8.37. The van der Waals surface area contributed by atoms with Crippen LogP contribution in [0.25, 0.3) is 11.1 Å². The second-order valence-corrected chi connectivity index (χ2v) is 5.77. The van der Waals surface area contributed by atoms with Gasteiger partial charge in [-0.05, 0) is 36.8 Å². The summed E-state index contributed by atoms with van der Waals surface area (Å²) in [6.07, 6.45) is 3.33. The first kappa shape index (κ1) is 18.5. The molecule has 0 saturated carbocycles. The van der Waals surface area contributed by atoms with Gasteiger partial charge in [0, 0.05) is 37.1 Å². The van der Waals surface area contributed by atoms with E-state index < -0.39 is 6.61 Å². The number of ether oxygens (including phenoxy) is 1. The summed E-state index contributed by atoms with van der Waals surface area (Å²) < 4.78 is 28.9. The summed E-state index contributed by atoms with van der Waals surface area (Å²) in [7, 11) is 1.97. The summed E-state index contributed by atoms with van der Waals surface area (Å²) >= 11 is 0. The normalized spacial score (nSPS) is 10.7. The molecule has 0 radical (unpaired) electrons. The van der Waals surface area contributed by atoms with E-state index in [0.29, 0.717) is 5.82 Å². The topological polar surface area (TPSA) is 63.2 Å². The van der Waals surface area contributed by atoms with Crippen LogP contribution >= 0.6 is 0 Å². The predicted octanol–water partition coefficient (Wildman–Crippen LogP) is 4.34. The molecule has 3 rings (SSSR count). The molecule has 6 nitrogen and oxygen atoms in total. The number of hydrogen-bond donors (Lipinski definition) is 1. The molecule has 1 N–H and O–H groups in total. The number of alkyl halides is 2. The van der Waals surface area contributed by atoms with Gasteiger partial charge in [-0.2, -0.15) is 13.9 Å². The Labute approximate surface area is 155 Å². The zero-order valence-corrected chi connectivity index (χ0v) is 14.9. The second-order valence-electron chi connectivity index (χ2n) is 5.77. The number of pyridine rings is 1. The Bertz CT molecular complexity index is 889. The van der Waals surface area contributed by atoms with E-state index in [2.05, 4.69) is 25.2 Å². The lowest BCUT2D eigenvalue weighted by atomic mass is 10.1. The van der Waals surface area contributed by atoms with Crippen LogP contribution in [0.2, 0.25) is 0 Å². The van der Waals surface area contributed by atoms with E-state index in [-0.39, 0.29) is 5.75 Å². The number of nitrogens with one attached hydrogen (secondary N) is 1. The Balaban J connectivity index is 1.78. The van der Waals surface area contributed by atoms with Crippen LogP contribution in [0.5, 0.6) is 5.75 Å². The van der Waals surface area contributed by atoms with E-state index in [1.807, 2.05) is 37.1 Å². The molecule has 0 amide bonds. The van der Waals surface area contributed by atoms with Crippen molar-refractivity contribution in [1.29, 1.82) is 0 Å². The third kappa shape index (κ3) is 4.87. The lowest BCUT2D eigenvalue weighted by Crippen LogP contribution is -2.17. The number of nitrogens with zero attached hydrogens (tertiary/aromatic N) is 4. The maximum absolute atomic E-state index is 12.2.